The van der Waals surface area contributed by atoms with Crippen molar-refractivity contribution in [1.29, 1.82) is 0 Å². The maximum atomic E-state index is 13.7. The number of carbonyl (C=O) groups is 3. The maximum absolute atomic E-state index is 13.7. The molecule has 0 aromatic carbocycles. The summed E-state index contributed by atoms with van der Waals surface area (Å²) in [7, 11) is 0. The van der Waals surface area contributed by atoms with Crippen molar-refractivity contribution < 1.29 is 29.0 Å². The van der Waals surface area contributed by atoms with Gasteiger partial charge >= 0.3 is 6.16 Å². The van der Waals surface area contributed by atoms with Crippen LogP contribution in [0.3, 0.4) is 0 Å². The third-order valence-electron chi connectivity index (χ3n) is 7.36. The van der Waals surface area contributed by atoms with Crippen molar-refractivity contribution in [2.24, 2.45) is 17.3 Å². The Morgan fingerprint density at radius 1 is 1.24 bits per heavy atom. The van der Waals surface area contributed by atoms with Crippen LogP contribution in [0.2, 0.25) is 0 Å². The summed E-state index contributed by atoms with van der Waals surface area (Å²) in [5.41, 5.74) is 1.37. The summed E-state index contributed by atoms with van der Waals surface area (Å²) in [5, 5.41) is 17.0. The maximum Gasteiger partial charge on any atom is 0.508 e. The van der Waals surface area contributed by atoms with Crippen molar-refractivity contribution in [2.75, 3.05) is 6.61 Å². The first-order valence-corrected chi connectivity index (χ1v) is 15.8. The molecular weight excluding hydrogens is 623 g/mol. The molecular formula is C30H41Cl3N2O6S. The van der Waals surface area contributed by atoms with Crippen molar-refractivity contribution in [2.45, 2.75) is 89.8 Å². The Kier molecular flexibility index (Phi) is 13.6. The fraction of sp³-hybridized carbons (Fsp3) is 0.600. The molecule has 0 saturated carbocycles. The van der Waals surface area contributed by atoms with E-state index in [0.29, 0.717) is 12.8 Å². The number of carbonyl (C=O) groups excluding carboxylic acids is 3. The van der Waals surface area contributed by atoms with Crippen LogP contribution < -0.4 is 5.32 Å². The number of rotatable bonds is 4. The Bertz CT molecular complexity index is 1200. The number of Topliss-reactive ketones (excluding diaryl/α,β-unsaturated/α-hetero) is 1. The van der Waals surface area contributed by atoms with E-state index in [-0.39, 0.29) is 24.2 Å². The summed E-state index contributed by atoms with van der Waals surface area (Å²) in [6, 6.07) is -0.337. The normalized spacial score (nSPS) is 28.8. The van der Waals surface area contributed by atoms with Crippen LogP contribution in [0.1, 0.15) is 71.5 Å². The van der Waals surface area contributed by atoms with Gasteiger partial charge in [0.15, 0.2) is 0 Å². The van der Waals surface area contributed by atoms with Crippen LogP contribution in [-0.4, -0.2) is 56.6 Å². The molecule has 0 spiro atoms. The summed E-state index contributed by atoms with van der Waals surface area (Å²) in [5.74, 6) is -1.91. The first-order valence-electron chi connectivity index (χ1n) is 13.8. The molecule has 8 nitrogen and oxygen atoms in total. The van der Waals surface area contributed by atoms with Crippen LogP contribution >= 0.6 is 46.1 Å². The van der Waals surface area contributed by atoms with E-state index in [4.69, 9.17) is 44.3 Å². The lowest BCUT2D eigenvalue weighted by atomic mass is 9.73. The first kappa shape index (κ1) is 36.3. The van der Waals surface area contributed by atoms with Crippen molar-refractivity contribution in [3.63, 3.8) is 0 Å². The molecule has 12 heteroatoms. The number of ether oxygens (including phenoxy) is 2. The Labute approximate surface area is 267 Å². The Morgan fingerprint density at radius 2 is 1.90 bits per heavy atom. The van der Waals surface area contributed by atoms with Crippen molar-refractivity contribution in [1.82, 2.24) is 10.3 Å². The number of allylic oxidation sites excluding steroid dienone is 3. The predicted octanol–water partition coefficient (Wildman–Crippen LogP) is 7.15. The zero-order valence-corrected chi connectivity index (χ0v) is 28.2. The van der Waals surface area contributed by atoms with E-state index in [0.717, 1.165) is 21.8 Å². The second-order valence-electron chi connectivity index (χ2n) is 11.4. The Morgan fingerprint density at radius 3 is 2.50 bits per heavy atom. The van der Waals surface area contributed by atoms with Crippen LogP contribution in [0.4, 0.5) is 4.79 Å². The molecule has 1 amide bonds. The van der Waals surface area contributed by atoms with Gasteiger partial charge in [-0.3, -0.25) is 9.59 Å². The Balaban J connectivity index is 2.40. The highest BCUT2D eigenvalue weighted by molar-refractivity contribution is 7.09. The summed E-state index contributed by atoms with van der Waals surface area (Å²) in [6.07, 6.45) is 5.28. The first-order chi connectivity index (χ1) is 19.4. The average Bonchev–Trinajstić information content (AvgIpc) is 3.30. The van der Waals surface area contributed by atoms with E-state index in [9.17, 15) is 19.5 Å². The van der Waals surface area contributed by atoms with Gasteiger partial charge in [0.2, 0.25) is 9.70 Å². The molecule has 1 aliphatic heterocycles. The number of halogens is 3. The van der Waals surface area contributed by atoms with Gasteiger partial charge in [-0.1, -0.05) is 86.3 Å². The topological polar surface area (TPSA) is 115 Å². The highest BCUT2D eigenvalue weighted by Crippen LogP contribution is 2.33. The molecule has 1 aliphatic rings. The minimum Gasteiger partial charge on any atom is -0.430 e. The molecule has 0 bridgehead atoms. The molecule has 1 aromatic rings. The fourth-order valence-corrected chi connectivity index (χ4v) is 5.43. The van der Waals surface area contributed by atoms with E-state index >= 15 is 0 Å². The molecule has 2 N–H and O–H groups in total. The molecule has 2 rings (SSSR count). The number of nitrogens with zero attached hydrogens (tertiary/aromatic N) is 1. The van der Waals surface area contributed by atoms with Crippen LogP contribution in [0.25, 0.3) is 6.08 Å². The van der Waals surface area contributed by atoms with E-state index in [1.807, 2.05) is 57.4 Å². The number of aliphatic hydroxyl groups excluding tert-OH is 1. The third kappa shape index (κ3) is 11.3. The van der Waals surface area contributed by atoms with Crippen LogP contribution in [0.15, 0.2) is 34.8 Å². The van der Waals surface area contributed by atoms with E-state index in [1.165, 1.54) is 0 Å². The van der Waals surface area contributed by atoms with Crippen LogP contribution in [0.5, 0.6) is 0 Å². The average molecular weight is 664 g/mol. The molecule has 0 fully saturated rings. The number of thiazole rings is 1. The summed E-state index contributed by atoms with van der Waals surface area (Å²) in [6.45, 7) is 11.9. The molecule has 234 valence electrons. The van der Waals surface area contributed by atoms with Gasteiger partial charge in [0.1, 0.15) is 18.5 Å². The smallest absolute Gasteiger partial charge is 0.430 e. The lowest BCUT2D eigenvalue weighted by molar-refractivity contribution is -0.143. The molecule has 0 aliphatic carbocycles. The van der Waals surface area contributed by atoms with Crippen molar-refractivity contribution >= 4 is 70.1 Å². The summed E-state index contributed by atoms with van der Waals surface area (Å²) in [4.78, 5) is 43.8. The second-order valence-corrected chi connectivity index (χ2v) is 15.0. The number of hydrogen-bond donors (Lipinski definition) is 2. The van der Waals surface area contributed by atoms with Crippen LogP contribution in [-0.2, 0) is 19.1 Å². The van der Waals surface area contributed by atoms with E-state index in [2.05, 4.69) is 10.3 Å². The van der Waals surface area contributed by atoms with Crippen molar-refractivity contribution in [3.05, 3.63) is 45.5 Å². The number of aryl methyl sites for hydroxylation is 1. The van der Waals surface area contributed by atoms with E-state index in [1.54, 1.807) is 32.1 Å². The van der Waals surface area contributed by atoms with Crippen molar-refractivity contribution in [3.8, 4) is 0 Å². The highest BCUT2D eigenvalue weighted by atomic mass is 35.6. The zero-order valence-electron chi connectivity index (χ0n) is 25.1. The van der Waals surface area contributed by atoms with Gasteiger partial charge in [-0.25, -0.2) is 9.78 Å². The molecule has 5 atom stereocenters. The highest BCUT2D eigenvalue weighted by Gasteiger charge is 2.44. The number of aromatic nitrogens is 1. The Hall–Kier alpha value is -1.91. The zero-order chi connectivity index (χ0) is 31.8. The fourth-order valence-electron chi connectivity index (χ4n) is 4.69. The second kappa shape index (κ2) is 15.7. The number of hydrogen-bond acceptors (Lipinski definition) is 8. The predicted molar refractivity (Wildman–Crippen MR) is 169 cm³/mol. The number of amides is 1. The minimum atomic E-state index is -1.82. The van der Waals surface area contributed by atoms with Gasteiger partial charge in [-0.15, -0.1) is 11.3 Å². The standard InChI is InChI=1S/C30H41Cl3N2O6S/c1-17-9-8-10-18(2)26(41-28(39)40-16-30(31,32)33)20(4)27(38)29(6,7)24(36)14-25(37)35-23(12-11-17)19(3)13-22-15-42-21(5)34-22/h8-9,11,13,15,18,20,23-24,26,36H,10,12,14,16H2,1-7H3,(H,35,37)/b9-8+,17-11-,19-13+/t18-,20+,23?,24-,26-/m0/s1. The largest absolute Gasteiger partial charge is 0.508 e. The number of aliphatic hydroxyl groups is 1. The number of nitrogens with one attached hydrogen (secondary N) is 1. The lowest BCUT2D eigenvalue weighted by Crippen LogP contribution is -2.48. The monoisotopic (exact) mass is 662 g/mol. The van der Waals surface area contributed by atoms with Gasteiger partial charge in [0.25, 0.3) is 0 Å². The summed E-state index contributed by atoms with van der Waals surface area (Å²) < 4.78 is 8.70. The van der Waals surface area contributed by atoms with Gasteiger partial charge in [0.05, 0.1) is 40.6 Å². The van der Waals surface area contributed by atoms with Gasteiger partial charge in [-0.05, 0) is 51.2 Å². The molecule has 1 aromatic heterocycles. The minimum absolute atomic E-state index is 0.292. The SMILES string of the molecule is CC1=C/CC(/C(C)=C/c2csc(C)n2)NC(=O)C[C@H](O)C(C)(C)C(=O)[C@H](C)[C@@H](OC(=O)OCC(Cl)(Cl)Cl)[C@@H](C)C\C=C\1. The van der Waals surface area contributed by atoms with E-state index < -0.39 is 46.0 Å². The molecule has 0 radical (unpaired) electrons. The van der Waals surface area contributed by atoms with Gasteiger partial charge in [0, 0.05) is 5.38 Å². The summed E-state index contributed by atoms with van der Waals surface area (Å²) >= 11 is 18.6. The molecule has 1 unspecified atom stereocenters. The third-order valence-corrected chi connectivity index (χ3v) is 8.48. The lowest BCUT2D eigenvalue weighted by Gasteiger charge is -2.35. The quantitative estimate of drug-likeness (QED) is 0.260. The van der Waals surface area contributed by atoms with Gasteiger partial charge < -0.3 is 19.9 Å². The van der Waals surface area contributed by atoms with Gasteiger partial charge in [-0.2, -0.15) is 0 Å². The van der Waals surface area contributed by atoms with Crippen LogP contribution in [0, 0.1) is 24.2 Å². The molecule has 2 heterocycles. The number of alkyl halides is 3. The number of ketones is 1. The molecule has 42 heavy (non-hydrogen) atoms. The molecule has 0 saturated heterocycles.